The summed E-state index contributed by atoms with van der Waals surface area (Å²) in [7, 11) is 1.58. The second-order valence-electron chi connectivity index (χ2n) is 4.52. The van der Waals surface area contributed by atoms with Gasteiger partial charge in [0.2, 0.25) is 5.82 Å². The van der Waals surface area contributed by atoms with E-state index in [1.54, 1.807) is 26.3 Å². The summed E-state index contributed by atoms with van der Waals surface area (Å²) in [6, 6.07) is 1.62. The lowest BCUT2D eigenvalue weighted by atomic mass is 10.1. The number of rotatable bonds is 5. The molecule has 0 fully saturated rings. The quantitative estimate of drug-likeness (QED) is 0.629. The molecule has 6 nitrogen and oxygen atoms in total. The van der Waals surface area contributed by atoms with Crippen molar-refractivity contribution in [3.05, 3.63) is 27.9 Å². The van der Waals surface area contributed by atoms with Gasteiger partial charge in [-0.15, -0.1) is 0 Å². The normalized spacial score (nSPS) is 11.3. The smallest absolute Gasteiger partial charge is 0.314 e. The number of nitrogens with one attached hydrogen (secondary N) is 1. The van der Waals surface area contributed by atoms with E-state index < -0.39 is 10.5 Å². The highest BCUT2D eigenvalue weighted by Gasteiger charge is 2.25. The number of hydrogen-bond donors (Lipinski definition) is 1. The van der Waals surface area contributed by atoms with E-state index in [1.807, 2.05) is 13.8 Å². The highest BCUT2D eigenvalue weighted by molar-refractivity contribution is 5.60. The van der Waals surface area contributed by atoms with Crippen LogP contribution in [0.3, 0.4) is 0 Å². The summed E-state index contributed by atoms with van der Waals surface area (Å²) in [5, 5.41) is 14.0. The first-order valence-electron chi connectivity index (χ1n) is 5.24. The summed E-state index contributed by atoms with van der Waals surface area (Å²) in [5.74, 6) is 0.275. The van der Waals surface area contributed by atoms with Crippen LogP contribution >= 0.6 is 0 Å². The van der Waals surface area contributed by atoms with Gasteiger partial charge in [-0.2, -0.15) is 0 Å². The average Bonchev–Trinajstić information content (AvgIpc) is 2.15. The largest absolute Gasteiger partial charge is 0.382 e. The molecule has 1 N–H and O–H groups in total. The predicted octanol–water partition coefficient (Wildman–Crippen LogP) is 2.14. The summed E-state index contributed by atoms with van der Waals surface area (Å²) in [6.07, 6.45) is 1.55. The minimum absolute atomic E-state index is 0.0108. The number of aryl methyl sites for hydroxylation is 1. The number of nitrogens with zero attached hydrogens (tertiary/aromatic N) is 2. The summed E-state index contributed by atoms with van der Waals surface area (Å²) in [5.41, 5.74) is 0.178. The van der Waals surface area contributed by atoms with E-state index in [2.05, 4.69) is 10.3 Å². The van der Waals surface area contributed by atoms with Gasteiger partial charge in [0.1, 0.15) is 0 Å². The minimum Gasteiger partial charge on any atom is -0.382 e. The summed E-state index contributed by atoms with van der Waals surface area (Å²) >= 11 is 0. The van der Waals surface area contributed by atoms with Crippen molar-refractivity contribution in [2.45, 2.75) is 26.3 Å². The second kappa shape index (κ2) is 5.09. The Balaban J connectivity index is 3.06. The molecule has 17 heavy (non-hydrogen) atoms. The highest BCUT2D eigenvalue weighted by atomic mass is 16.6. The van der Waals surface area contributed by atoms with E-state index >= 15 is 0 Å². The first kappa shape index (κ1) is 13.4. The number of ether oxygens (including phenoxy) is 1. The third-order valence-corrected chi connectivity index (χ3v) is 2.27. The van der Waals surface area contributed by atoms with Gasteiger partial charge in [0, 0.05) is 18.9 Å². The van der Waals surface area contributed by atoms with E-state index in [0.717, 1.165) is 0 Å². The molecule has 0 aliphatic heterocycles. The third kappa shape index (κ3) is 3.39. The average molecular weight is 239 g/mol. The van der Waals surface area contributed by atoms with E-state index in [4.69, 9.17) is 4.74 Å². The van der Waals surface area contributed by atoms with Crippen molar-refractivity contribution < 1.29 is 9.66 Å². The molecule has 6 heteroatoms. The van der Waals surface area contributed by atoms with Gasteiger partial charge >= 0.3 is 5.69 Å². The highest BCUT2D eigenvalue weighted by Crippen LogP contribution is 2.27. The van der Waals surface area contributed by atoms with Crippen molar-refractivity contribution in [3.63, 3.8) is 0 Å². The molecule has 0 aliphatic carbocycles. The number of anilines is 1. The topological polar surface area (TPSA) is 77.3 Å². The summed E-state index contributed by atoms with van der Waals surface area (Å²) in [6.45, 7) is 5.91. The molecule has 0 saturated heterocycles. The molecular formula is C11H17N3O3. The Morgan fingerprint density at radius 2 is 2.24 bits per heavy atom. The van der Waals surface area contributed by atoms with E-state index in [0.29, 0.717) is 12.2 Å². The monoisotopic (exact) mass is 239 g/mol. The molecule has 0 radical (unpaired) electrons. The third-order valence-electron chi connectivity index (χ3n) is 2.27. The van der Waals surface area contributed by atoms with Gasteiger partial charge < -0.3 is 10.1 Å². The maximum Gasteiger partial charge on any atom is 0.314 e. The molecule has 0 spiro atoms. The van der Waals surface area contributed by atoms with Gasteiger partial charge in [0.25, 0.3) is 0 Å². The number of pyridine rings is 1. The Morgan fingerprint density at radius 1 is 1.59 bits per heavy atom. The molecule has 1 heterocycles. The maximum absolute atomic E-state index is 11.0. The number of methoxy groups -OCH3 is 1. The molecular weight excluding hydrogens is 222 g/mol. The molecule has 94 valence electrons. The zero-order valence-corrected chi connectivity index (χ0v) is 10.5. The maximum atomic E-state index is 11.0. The fraction of sp³-hybridized carbons (Fsp3) is 0.545. The molecule has 1 aromatic heterocycles. The Morgan fingerprint density at radius 3 is 2.76 bits per heavy atom. The number of nitro groups is 1. The van der Waals surface area contributed by atoms with Crippen molar-refractivity contribution >= 4 is 11.5 Å². The van der Waals surface area contributed by atoms with Crippen molar-refractivity contribution in [2.24, 2.45) is 0 Å². The number of hydrogen-bond acceptors (Lipinski definition) is 5. The van der Waals surface area contributed by atoms with Crippen molar-refractivity contribution in [2.75, 3.05) is 19.0 Å². The Hall–Kier alpha value is -1.69. The summed E-state index contributed by atoms with van der Waals surface area (Å²) in [4.78, 5) is 14.6. The van der Waals surface area contributed by atoms with E-state index in [1.165, 1.54) is 0 Å². The standard InChI is InChI=1S/C11H17N3O3/c1-8-5-6-12-10(9(8)14(15)16)13-11(2,3)7-17-4/h5-6H,7H2,1-4H3,(H,12,13). The molecule has 1 aromatic rings. The molecule has 0 unspecified atom stereocenters. The van der Waals surface area contributed by atoms with Crippen LogP contribution in [0.2, 0.25) is 0 Å². The van der Waals surface area contributed by atoms with Gasteiger partial charge in [-0.1, -0.05) is 0 Å². The molecule has 0 bridgehead atoms. The Bertz CT molecular complexity index is 418. The summed E-state index contributed by atoms with van der Waals surface area (Å²) < 4.78 is 5.05. The fourth-order valence-electron chi connectivity index (χ4n) is 1.59. The van der Waals surface area contributed by atoms with Gasteiger partial charge in [0.05, 0.1) is 17.1 Å². The van der Waals surface area contributed by atoms with Gasteiger partial charge in [-0.3, -0.25) is 10.1 Å². The van der Waals surface area contributed by atoms with Crippen molar-refractivity contribution in [1.29, 1.82) is 0 Å². The number of aromatic nitrogens is 1. The zero-order chi connectivity index (χ0) is 13.1. The van der Waals surface area contributed by atoms with Gasteiger partial charge in [-0.05, 0) is 26.8 Å². The van der Waals surface area contributed by atoms with Crippen molar-refractivity contribution in [1.82, 2.24) is 4.98 Å². The van der Waals surface area contributed by atoms with Crippen LogP contribution in [-0.4, -0.2) is 29.2 Å². The lowest BCUT2D eigenvalue weighted by molar-refractivity contribution is -0.384. The lowest BCUT2D eigenvalue weighted by Gasteiger charge is -2.25. The fourth-order valence-corrected chi connectivity index (χ4v) is 1.59. The van der Waals surface area contributed by atoms with Crippen molar-refractivity contribution in [3.8, 4) is 0 Å². The minimum atomic E-state index is -0.423. The van der Waals surface area contributed by atoms with Crippen LogP contribution in [0.5, 0.6) is 0 Å². The van der Waals surface area contributed by atoms with Gasteiger partial charge in [0.15, 0.2) is 0 Å². The van der Waals surface area contributed by atoms with Crippen LogP contribution in [0.15, 0.2) is 12.3 Å². The molecule has 0 saturated carbocycles. The molecule has 0 aliphatic rings. The van der Waals surface area contributed by atoms with Crippen LogP contribution in [-0.2, 0) is 4.74 Å². The zero-order valence-electron chi connectivity index (χ0n) is 10.5. The molecule has 0 atom stereocenters. The Kier molecular flexibility index (Phi) is 4.01. The van der Waals surface area contributed by atoms with Crippen LogP contribution in [0, 0.1) is 17.0 Å². The first-order chi connectivity index (χ1) is 7.87. The Labute approximate surface area is 100 Å². The van der Waals surface area contributed by atoms with Crippen LogP contribution < -0.4 is 5.32 Å². The first-order valence-corrected chi connectivity index (χ1v) is 5.24. The lowest BCUT2D eigenvalue weighted by Crippen LogP contribution is -2.36. The van der Waals surface area contributed by atoms with Crippen LogP contribution in [0.4, 0.5) is 11.5 Å². The second-order valence-corrected chi connectivity index (χ2v) is 4.52. The molecule has 1 rings (SSSR count). The molecule has 0 amide bonds. The SMILES string of the molecule is COCC(C)(C)Nc1nccc(C)c1[N+](=O)[O-]. The van der Waals surface area contributed by atoms with Crippen LogP contribution in [0.25, 0.3) is 0 Å². The van der Waals surface area contributed by atoms with Crippen LogP contribution in [0.1, 0.15) is 19.4 Å². The molecule has 0 aromatic carbocycles. The van der Waals surface area contributed by atoms with Gasteiger partial charge in [-0.25, -0.2) is 4.98 Å². The predicted molar refractivity (Wildman–Crippen MR) is 65.2 cm³/mol. The van der Waals surface area contributed by atoms with E-state index in [9.17, 15) is 10.1 Å². The van der Waals surface area contributed by atoms with E-state index in [-0.39, 0.29) is 11.5 Å².